The summed E-state index contributed by atoms with van der Waals surface area (Å²) in [7, 11) is 0. The molecule has 3 aromatic carbocycles. The molecule has 2 aromatic heterocycles. The highest BCUT2D eigenvalue weighted by Crippen LogP contribution is 2.38. The normalized spacial score (nSPS) is 11.0. The lowest BCUT2D eigenvalue weighted by molar-refractivity contribution is 1.20. The van der Waals surface area contributed by atoms with E-state index in [4.69, 9.17) is 0 Å². The number of hydrogen-bond acceptors (Lipinski definition) is 0. The molecule has 5 rings (SSSR count). The molecule has 0 spiro atoms. The number of pyridine rings is 1. The standard InChI is InChI=1S/C27H21N/c1-20-15-17-22(18-16-20)25-13-8-14-26-27(23-11-6-3-7-12-23)24(19-28(25)26)21-9-4-2-5-10-21/h2-19H,1H3. The van der Waals surface area contributed by atoms with E-state index in [1.807, 2.05) is 0 Å². The van der Waals surface area contributed by atoms with Gasteiger partial charge in [-0.3, -0.25) is 0 Å². The van der Waals surface area contributed by atoms with Gasteiger partial charge in [0.05, 0.1) is 11.2 Å². The zero-order valence-corrected chi connectivity index (χ0v) is 15.8. The van der Waals surface area contributed by atoms with E-state index in [0.29, 0.717) is 0 Å². The average Bonchev–Trinajstić information content (AvgIpc) is 3.15. The minimum absolute atomic E-state index is 1.21. The van der Waals surface area contributed by atoms with Gasteiger partial charge in [-0.25, -0.2) is 0 Å². The summed E-state index contributed by atoms with van der Waals surface area (Å²) in [6.07, 6.45) is 2.28. The second kappa shape index (κ2) is 6.86. The maximum Gasteiger partial charge on any atom is 0.0541 e. The Morgan fingerprint density at radius 2 is 1.18 bits per heavy atom. The van der Waals surface area contributed by atoms with E-state index in [0.717, 1.165) is 0 Å². The summed E-state index contributed by atoms with van der Waals surface area (Å²) in [5.41, 5.74) is 9.95. The molecule has 0 unspecified atom stereocenters. The monoisotopic (exact) mass is 359 g/mol. The minimum atomic E-state index is 1.21. The van der Waals surface area contributed by atoms with E-state index in [9.17, 15) is 0 Å². The molecule has 2 heterocycles. The lowest BCUT2D eigenvalue weighted by Crippen LogP contribution is -1.90. The molecular formula is C27H21N. The lowest BCUT2D eigenvalue weighted by atomic mass is 9.97. The van der Waals surface area contributed by atoms with Crippen LogP contribution in [0.15, 0.2) is 109 Å². The molecule has 0 aliphatic heterocycles. The average molecular weight is 359 g/mol. The summed E-state index contributed by atoms with van der Waals surface area (Å²) >= 11 is 0. The van der Waals surface area contributed by atoms with Crippen molar-refractivity contribution in [3.63, 3.8) is 0 Å². The number of aryl methyl sites for hydroxylation is 1. The van der Waals surface area contributed by atoms with Gasteiger partial charge in [0.2, 0.25) is 0 Å². The zero-order chi connectivity index (χ0) is 18.9. The van der Waals surface area contributed by atoms with Gasteiger partial charge < -0.3 is 4.40 Å². The Morgan fingerprint density at radius 3 is 1.86 bits per heavy atom. The molecule has 0 amide bonds. The van der Waals surface area contributed by atoms with Gasteiger partial charge in [0.25, 0.3) is 0 Å². The first-order valence-electron chi connectivity index (χ1n) is 9.63. The molecule has 1 heteroatoms. The molecule has 1 nitrogen and oxygen atoms in total. The molecule has 5 aromatic rings. The van der Waals surface area contributed by atoms with E-state index in [-0.39, 0.29) is 0 Å². The summed E-state index contributed by atoms with van der Waals surface area (Å²) in [6, 6.07) is 36.7. The number of nitrogens with zero attached hydrogens (tertiary/aromatic N) is 1. The maximum absolute atomic E-state index is 2.33. The first kappa shape index (κ1) is 16.6. The zero-order valence-electron chi connectivity index (χ0n) is 15.8. The van der Waals surface area contributed by atoms with E-state index >= 15 is 0 Å². The summed E-state index contributed by atoms with van der Waals surface area (Å²) in [6.45, 7) is 2.13. The molecule has 0 aliphatic rings. The first-order valence-corrected chi connectivity index (χ1v) is 9.63. The molecular weight excluding hydrogens is 338 g/mol. The van der Waals surface area contributed by atoms with Gasteiger partial charge in [0.15, 0.2) is 0 Å². The SMILES string of the molecule is Cc1ccc(-c2cccc3c(-c4ccccc4)c(-c4ccccc4)cn23)cc1. The fraction of sp³-hybridized carbons (Fsp3) is 0.0370. The van der Waals surface area contributed by atoms with Gasteiger partial charge in [0, 0.05) is 17.3 Å². The third-order valence-electron chi connectivity index (χ3n) is 5.31. The number of rotatable bonds is 3. The highest BCUT2D eigenvalue weighted by atomic mass is 14.9. The topological polar surface area (TPSA) is 4.41 Å². The smallest absolute Gasteiger partial charge is 0.0541 e. The van der Waals surface area contributed by atoms with Gasteiger partial charge >= 0.3 is 0 Å². The molecule has 0 bridgehead atoms. The summed E-state index contributed by atoms with van der Waals surface area (Å²) in [5.74, 6) is 0. The first-order chi connectivity index (χ1) is 13.8. The third kappa shape index (κ3) is 2.82. The number of benzene rings is 3. The van der Waals surface area contributed by atoms with Crippen LogP contribution >= 0.6 is 0 Å². The van der Waals surface area contributed by atoms with E-state index in [1.54, 1.807) is 0 Å². The summed E-state index contributed by atoms with van der Waals surface area (Å²) in [4.78, 5) is 0. The summed E-state index contributed by atoms with van der Waals surface area (Å²) in [5, 5.41) is 0. The van der Waals surface area contributed by atoms with Gasteiger partial charge in [-0.15, -0.1) is 0 Å². The highest BCUT2D eigenvalue weighted by Gasteiger charge is 2.16. The van der Waals surface area contributed by atoms with Gasteiger partial charge in [-0.05, 0) is 35.7 Å². The van der Waals surface area contributed by atoms with Crippen molar-refractivity contribution in [2.75, 3.05) is 0 Å². The number of aromatic nitrogens is 1. The van der Waals surface area contributed by atoms with Gasteiger partial charge in [-0.2, -0.15) is 0 Å². The van der Waals surface area contributed by atoms with Crippen molar-refractivity contribution in [3.8, 4) is 33.5 Å². The van der Waals surface area contributed by atoms with Crippen molar-refractivity contribution in [2.45, 2.75) is 6.92 Å². The molecule has 0 N–H and O–H groups in total. The minimum Gasteiger partial charge on any atom is -0.315 e. The largest absolute Gasteiger partial charge is 0.315 e. The van der Waals surface area contributed by atoms with Crippen LogP contribution in [-0.4, -0.2) is 4.40 Å². The third-order valence-corrected chi connectivity index (χ3v) is 5.31. The molecule has 28 heavy (non-hydrogen) atoms. The van der Waals surface area contributed by atoms with Crippen LogP contribution in [-0.2, 0) is 0 Å². The highest BCUT2D eigenvalue weighted by molar-refractivity contribution is 5.95. The second-order valence-corrected chi connectivity index (χ2v) is 7.18. The van der Waals surface area contributed by atoms with Crippen LogP contribution in [0.25, 0.3) is 39.0 Å². The predicted molar refractivity (Wildman–Crippen MR) is 118 cm³/mol. The van der Waals surface area contributed by atoms with Gasteiger partial charge in [-0.1, -0.05) is 96.6 Å². The molecule has 0 atom stereocenters. The molecule has 0 saturated heterocycles. The number of fused-ring (bicyclic) bond motifs is 1. The maximum atomic E-state index is 2.33. The van der Waals surface area contributed by atoms with E-state index in [2.05, 4.69) is 121 Å². The Bertz CT molecular complexity index is 1230. The Hall–Kier alpha value is -3.58. The van der Waals surface area contributed by atoms with Crippen LogP contribution < -0.4 is 0 Å². The molecule has 0 fully saturated rings. The van der Waals surface area contributed by atoms with Crippen molar-refractivity contribution in [1.82, 2.24) is 4.40 Å². The fourth-order valence-electron chi connectivity index (χ4n) is 3.90. The quantitative estimate of drug-likeness (QED) is 0.319. The molecule has 134 valence electrons. The predicted octanol–water partition coefficient (Wildman–Crippen LogP) is 7.25. The molecule has 0 radical (unpaired) electrons. The van der Waals surface area contributed by atoms with Crippen LogP contribution in [0.2, 0.25) is 0 Å². The molecule has 0 aliphatic carbocycles. The number of hydrogen-bond donors (Lipinski definition) is 0. The van der Waals surface area contributed by atoms with E-state index < -0.39 is 0 Å². The van der Waals surface area contributed by atoms with Crippen LogP contribution in [0.1, 0.15) is 5.56 Å². The Kier molecular flexibility index (Phi) is 4.06. The van der Waals surface area contributed by atoms with Crippen LogP contribution in [0.5, 0.6) is 0 Å². The Balaban J connectivity index is 1.83. The summed E-state index contributed by atoms with van der Waals surface area (Å²) < 4.78 is 2.33. The van der Waals surface area contributed by atoms with Crippen LogP contribution in [0.3, 0.4) is 0 Å². The second-order valence-electron chi connectivity index (χ2n) is 7.18. The van der Waals surface area contributed by atoms with Crippen LogP contribution in [0.4, 0.5) is 0 Å². The van der Waals surface area contributed by atoms with Crippen molar-refractivity contribution in [2.24, 2.45) is 0 Å². The van der Waals surface area contributed by atoms with Gasteiger partial charge in [0.1, 0.15) is 0 Å². The Labute approximate surface area is 165 Å². The van der Waals surface area contributed by atoms with Crippen LogP contribution in [0, 0.1) is 6.92 Å². The Morgan fingerprint density at radius 1 is 0.536 bits per heavy atom. The van der Waals surface area contributed by atoms with E-state index in [1.165, 1.54) is 44.6 Å². The fourth-order valence-corrected chi connectivity index (χ4v) is 3.90. The van der Waals surface area contributed by atoms with Crippen molar-refractivity contribution in [3.05, 3.63) is 115 Å². The van der Waals surface area contributed by atoms with Crippen molar-refractivity contribution < 1.29 is 0 Å². The van der Waals surface area contributed by atoms with Crippen molar-refractivity contribution in [1.29, 1.82) is 0 Å². The van der Waals surface area contributed by atoms with Crippen molar-refractivity contribution >= 4 is 5.52 Å². The molecule has 0 saturated carbocycles. The lowest BCUT2D eigenvalue weighted by Gasteiger charge is -2.08.